The summed E-state index contributed by atoms with van der Waals surface area (Å²) in [6, 6.07) is 1.35. The molecule has 2 N–H and O–H groups in total. The molecule has 1 heterocycles. The van der Waals surface area contributed by atoms with Gasteiger partial charge >= 0.3 is 0 Å². The van der Waals surface area contributed by atoms with Crippen molar-refractivity contribution in [2.24, 2.45) is 23.0 Å². The van der Waals surface area contributed by atoms with Crippen LogP contribution in [-0.2, 0) is 0 Å². The molecule has 2 aliphatic carbocycles. The molecule has 4 atom stereocenters. The van der Waals surface area contributed by atoms with E-state index >= 15 is 0 Å². The summed E-state index contributed by atoms with van der Waals surface area (Å²) in [5.41, 5.74) is 6.94. The zero-order chi connectivity index (χ0) is 13.5. The Morgan fingerprint density at radius 3 is 2.58 bits per heavy atom. The normalized spacial score (nSPS) is 43.7. The minimum absolute atomic E-state index is 0.492. The highest BCUT2D eigenvalue weighted by Gasteiger charge is 2.41. The second-order valence-electron chi connectivity index (χ2n) is 8.22. The van der Waals surface area contributed by atoms with Gasteiger partial charge in [0, 0.05) is 25.2 Å². The minimum atomic E-state index is 0.492. The van der Waals surface area contributed by atoms with Gasteiger partial charge in [0.15, 0.2) is 0 Å². The summed E-state index contributed by atoms with van der Waals surface area (Å²) in [6.07, 6.45) is 11.2. The summed E-state index contributed by atoms with van der Waals surface area (Å²) in [5, 5.41) is 0. The first-order chi connectivity index (χ1) is 9.05. The van der Waals surface area contributed by atoms with E-state index in [0.29, 0.717) is 11.5 Å². The summed E-state index contributed by atoms with van der Waals surface area (Å²) in [5.74, 6) is 1.73. The molecule has 1 aliphatic heterocycles. The SMILES string of the molecule is CC1(C)CCCC(N2CC3CCCC(N)C3C2)CC1. The number of nitrogens with two attached hydrogens (primary N) is 1. The zero-order valence-corrected chi connectivity index (χ0v) is 12.9. The van der Waals surface area contributed by atoms with Crippen molar-refractivity contribution >= 4 is 0 Å². The molecule has 0 aromatic heterocycles. The van der Waals surface area contributed by atoms with Crippen LogP contribution in [0.25, 0.3) is 0 Å². The third-order valence-corrected chi connectivity index (χ3v) is 6.24. The van der Waals surface area contributed by atoms with E-state index in [9.17, 15) is 0 Å². The molecule has 1 saturated heterocycles. The standard InChI is InChI=1S/C17H32N2/c1-17(2)9-4-6-14(8-10-17)19-11-13-5-3-7-16(18)15(13)12-19/h13-16H,3-12,18H2,1-2H3. The van der Waals surface area contributed by atoms with Crippen LogP contribution in [0.1, 0.15) is 65.2 Å². The van der Waals surface area contributed by atoms with Crippen molar-refractivity contribution in [3.05, 3.63) is 0 Å². The van der Waals surface area contributed by atoms with Crippen LogP contribution >= 0.6 is 0 Å². The fourth-order valence-corrected chi connectivity index (χ4v) is 4.86. The Kier molecular flexibility index (Phi) is 3.92. The Bertz CT molecular complexity index is 312. The quantitative estimate of drug-likeness (QED) is 0.735. The second kappa shape index (κ2) is 5.37. The van der Waals surface area contributed by atoms with Gasteiger partial charge < -0.3 is 5.73 Å². The number of nitrogens with zero attached hydrogens (tertiary/aromatic N) is 1. The van der Waals surface area contributed by atoms with Gasteiger partial charge in [-0.25, -0.2) is 0 Å². The Morgan fingerprint density at radius 2 is 1.79 bits per heavy atom. The summed E-state index contributed by atoms with van der Waals surface area (Å²) in [4.78, 5) is 2.82. The van der Waals surface area contributed by atoms with Crippen LogP contribution in [0.3, 0.4) is 0 Å². The number of hydrogen-bond acceptors (Lipinski definition) is 2. The fourth-order valence-electron chi connectivity index (χ4n) is 4.86. The molecule has 0 amide bonds. The van der Waals surface area contributed by atoms with Gasteiger partial charge in [0.05, 0.1) is 0 Å². The number of likely N-dealkylation sites (tertiary alicyclic amines) is 1. The van der Waals surface area contributed by atoms with Crippen LogP contribution in [0, 0.1) is 17.3 Å². The van der Waals surface area contributed by atoms with E-state index in [4.69, 9.17) is 5.73 Å². The van der Waals surface area contributed by atoms with Gasteiger partial charge in [-0.2, -0.15) is 0 Å². The molecule has 0 bridgehead atoms. The Hall–Kier alpha value is -0.0800. The van der Waals surface area contributed by atoms with Gasteiger partial charge in [0.1, 0.15) is 0 Å². The predicted octanol–water partition coefficient (Wildman–Crippen LogP) is 3.40. The van der Waals surface area contributed by atoms with E-state index in [0.717, 1.165) is 17.9 Å². The monoisotopic (exact) mass is 264 g/mol. The fraction of sp³-hybridized carbons (Fsp3) is 1.00. The molecule has 0 spiro atoms. The second-order valence-corrected chi connectivity index (χ2v) is 8.22. The summed E-state index contributed by atoms with van der Waals surface area (Å²) in [6.45, 7) is 7.56. The molecule has 2 heteroatoms. The van der Waals surface area contributed by atoms with Gasteiger partial charge in [0.25, 0.3) is 0 Å². The average Bonchev–Trinajstić information content (AvgIpc) is 2.70. The van der Waals surface area contributed by atoms with E-state index in [1.165, 1.54) is 64.5 Å². The Balaban J connectivity index is 1.61. The third kappa shape index (κ3) is 3.00. The molecule has 0 aromatic carbocycles. The van der Waals surface area contributed by atoms with Gasteiger partial charge in [0.2, 0.25) is 0 Å². The first kappa shape index (κ1) is 13.9. The minimum Gasteiger partial charge on any atom is -0.327 e. The molecule has 2 saturated carbocycles. The highest BCUT2D eigenvalue weighted by Crippen LogP contribution is 2.40. The topological polar surface area (TPSA) is 29.3 Å². The smallest absolute Gasteiger partial charge is 0.00957 e. The van der Waals surface area contributed by atoms with Crippen LogP contribution in [-0.4, -0.2) is 30.1 Å². The van der Waals surface area contributed by atoms with Crippen molar-refractivity contribution in [1.29, 1.82) is 0 Å². The molecule has 19 heavy (non-hydrogen) atoms. The first-order valence-electron chi connectivity index (χ1n) is 8.55. The highest BCUT2D eigenvalue weighted by atomic mass is 15.2. The maximum Gasteiger partial charge on any atom is 0.00957 e. The lowest BCUT2D eigenvalue weighted by Gasteiger charge is -2.30. The van der Waals surface area contributed by atoms with Crippen molar-refractivity contribution in [2.45, 2.75) is 77.3 Å². The highest BCUT2D eigenvalue weighted by molar-refractivity contribution is 4.95. The van der Waals surface area contributed by atoms with Gasteiger partial charge in [-0.1, -0.05) is 26.7 Å². The molecule has 3 rings (SSSR count). The first-order valence-corrected chi connectivity index (χ1v) is 8.55. The van der Waals surface area contributed by atoms with Gasteiger partial charge in [-0.3, -0.25) is 4.90 Å². The Labute approximate surface area is 119 Å². The molecular weight excluding hydrogens is 232 g/mol. The van der Waals surface area contributed by atoms with Gasteiger partial charge in [-0.05, 0) is 55.8 Å². The molecule has 3 aliphatic rings. The Morgan fingerprint density at radius 1 is 0.947 bits per heavy atom. The van der Waals surface area contributed by atoms with Crippen molar-refractivity contribution in [1.82, 2.24) is 4.90 Å². The van der Waals surface area contributed by atoms with Crippen molar-refractivity contribution in [3.63, 3.8) is 0 Å². The lowest BCUT2D eigenvalue weighted by atomic mass is 9.78. The number of rotatable bonds is 1. The number of fused-ring (bicyclic) bond motifs is 1. The average molecular weight is 264 g/mol. The zero-order valence-electron chi connectivity index (χ0n) is 12.9. The van der Waals surface area contributed by atoms with E-state index < -0.39 is 0 Å². The largest absolute Gasteiger partial charge is 0.327 e. The van der Waals surface area contributed by atoms with E-state index in [2.05, 4.69) is 18.7 Å². The predicted molar refractivity (Wildman–Crippen MR) is 81.0 cm³/mol. The maximum atomic E-state index is 6.36. The van der Waals surface area contributed by atoms with Crippen molar-refractivity contribution in [2.75, 3.05) is 13.1 Å². The number of hydrogen-bond donors (Lipinski definition) is 1. The molecule has 3 fully saturated rings. The van der Waals surface area contributed by atoms with Crippen LogP contribution in [0.15, 0.2) is 0 Å². The molecule has 2 nitrogen and oxygen atoms in total. The van der Waals surface area contributed by atoms with E-state index in [-0.39, 0.29) is 0 Å². The molecule has 4 unspecified atom stereocenters. The molecule has 0 aromatic rings. The van der Waals surface area contributed by atoms with Crippen LogP contribution in [0.2, 0.25) is 0 Å². The van der Waals surface area contributed by atoms with Crippen molar-refractivity contribution < 1.29 is 0 Å². The van der Waals surface area contributed by atoms with Crippen LogP contribution < -0.4 is 5.73 Å². The van der Waals surface area contributed by atoms with Crippen molar-refractivity contribution in [3.8, 4) is 0 Å². The van der Waals surface area contributed by atoms with Gasteiger partial charge in [-0.15, -0.1) is 0 Å². The van der Waals surface area contributed by atoms with Crippen LogP contribution in [0.4, 0.5) is 0 Å². The third-order valence-electron chi connectivity index (χ3n) is 6.24. The molecule has 110 valence electrons. The lowest BCUT2D eigenvalue weighted by Crippen LogP contribution is -2.39. The lowest BCUT2D eigenvalue weighted by molar-refractivity contribution is 0.202. The molecular formula is C17H32N2. The van der Waals surface area contributed by atoms with Crippen LogP contribution in [0.5, 0.6) is 0 Å². The summed E-state index contributed by atoms with van der Waals surface area (Å²) < 4.78 is 0. The molecule has 0 radical (unpaired) electrons. The maximum absolute atomic E-state index is 6.36. The van der Waals surface area contributed by atoms with E-state index in [1.807, 2.05) is 0 Å². The van der Waals surface area contributed by atoms with E-state index in [1.54, 1.807) is 0 Å². The summed E-state index contributed by atoms with van der Waals surface area (Å²) >= 11 is 0. The summed E-state index contributed by atoms with van der Waals surface area (Å²) in [7, 11) is 0.